The fourth-order valence-electron chi connectivity index (χ4n) is 2.46. The van der Waals surface area contributed by atoms with Crippen LogP contribution in [0.2, 0.25) is 0 Å². The lowest BCUT2D eigenvalue weighted by atomic mass is 10.0. The Morgan fingerprint density at radius 3 is 2.38 bits per heavy atom. The summed E-state index contributed by atoms with van der Waals surface area (Å²) >= 11 is 8.41. The summed E-state index contributed by atoms with van der Waals surface area (Å²) in [6, 6.07) is 12.4. The first-order chi connectivity index (χ1) is 15.3. The van der Waals surface area contributed by atoms with Crippen LogP contribution in [0.1, 0.15) is 35.7 Å². The lowest BCUT2D eigenvalue weighted by Crippen LogP contribution is -2.49. The van der Waals surface area contributed by atoms with Gasteiger partial charge in [-0.2, -0.15) is 0 Å². The van der Waals surface area contributed by atoms with Crippen LogP contribution < -0.4 is 25.6 Å². The molecule has 0 saturated heterocycles. The van der Waals surface area contributed by atoms with Crippen molar-refractivity contribution in [2.75, 3.05) is 26.9 Å². The summed E-state index contributed by atoms with van der Waals surface area (Å²) in [7, 11) is 1.59. The highest BCUT2D eigenvalue weighted by Crippen LogP contribution is 2.26. The van der Waals surface area contributed by atoms with E-state index in [0.29, 0.717) is 40.7 Å². The van der Waals surface area contributed by atoms with Gasteiger partial charge in [0.25, 0.3) is 11.8 Å². The number of methoxy groups -OCH3 is 1. The molecule has 3 N–H and O–H groups in total. The fourth-order valence-corrected chi connectivity index (χ4v) is 3.10. The zero-order chi connectivity index (χ0) is 23.5. The smallest absolute Gasteiger partial charge is 0.276 e. The Morgan fingerprint density at radius 2 is 1.75 bits per heavy atom. The molecule has 0 aliphatic carbocycles. The number of hydrogen-bond acceptors (Lipinski definition) is 6. The highest BCUT2D eigenvalue weighted by molar-refractivity contribution is 9.10. The Kier molecular flexibility index (Phi) is 10.4. The molecule has 2 aromatic rings. The van der Waals surface area contributed by atoms with E-state index in [4.69, 9.17) is 26.4 Å². The van der Waals surface area contributed by atoms with Crippen LogP contribution in [0.25, 0.3) is 0 Å². The van der Waals surface area contributed by atoms with Crippen molar-refractivity contribution in [3.63, 3.8) is 0 Å². The molecule has 0 unspecified atom stereocenters. The second-order valence-corrected chi connectivity index (χ2v) is 8.22. The van der Waals surface area contributed by atoms with Crippen LogP contribution in [0.15, 0.2) is 46.9 Å². The quantitative estimate of drug-likeness (QED) is 0.263. The Labute approximate surface area is 201 Å². The maximum atomic E-state index is 12.4. The minimum Gasteiger partial charge on any atom is -0.490 e. The van der Waals surface area contributed by atoms with Crippen molar-refractivity contribution in [2.45, 2.75) is 19.8 Å². The number of halogens is 1. The zero-order valence-electron chi connectivity index (χ0n) is 18.1. The third-order valence-corrected chi connectivity index (χ3v) is 5.02. The molecule has 0 aliphatic rings. The number of carbonyl (C=O) groups excluding carboxylic acids is 2. The van der Waals surface area contributed by atoms with Gasteiger partial charge in [-0.05, 0) is 70.0 Å². The van der Waals surface area contributed by atoms with Crippen LogP contribution in [0.4, 0.5) is 0 Å². The van der Waals surface area contributed by atoms with E-state index in [-0.39, 0.29) is 11.7 Å². The average molecular weight is 524 g/mol. The van der Waals surface area contributed by atoms with Crippen LogP contribution >= 0.6 is 28.1 Å². The normalized spacial score (nSPS) is 10.4. The molecule has 2 aromatic carbocycles. The van der Waals surface area contributed by atoms with E-state index in [1.807, 2.05) is 24.3 Å². The van der Waals surface area contributed by atoms with Gasteiger partial charge in [-0.3, -0.25) is 25.8 Å². The molecule has 10 heteroatoms. The second kappa shape index (κ2) is 13.0. The highest BCUT2D eigenvalue weighted by Gasteiger charge is 2.12. The number of amides is 2. The monoisotopic (exact) mass is 523 g/mol. The molecule has 0 aliphatic heterocycles. The lowest BCUT2D eigenvalue weighted by Gasteiger charge is -2.13. The van der Waals surface area contributed by atoms with Crippen molar-refractivity contribution in [1.82, 2.24) is 16.2 Å². The maximum absolute atomic E-state index is 12.4. The number of hydrogen-bond donors (Lipinski definition) is 3. The molecule has 2 rings (SSSR count). The van der Waals surface area contributed by atoms with E-state index >= 15 is 0 Å². The number of nitrogens with one attached hydrogen (secondary N) is 3. The predicted molar refractivity (Wildman–Crippen MR) is 129 cm³/mol. The molecule has 0 bridgehead atoms. The van der Waals surface area contributed by atoms with Crippen LogP contribution in [0.3, 0.4) is 0 Å². The first-order valence-electron chi connectivity index (χ1n) is 9.84. The average Bonchev–Trinajstić information content (AvgIpc) is 2.77. The molecule has 0 radical (unpaired) electrons. The molecule has 0 spiro atoms. The number of benzene rings is 2. The van der Waals surface area contributed by atoms with Gasteiger partial charge in [0.1, 0.15) is 18.1 Å². The minimum atomic E-state index is -0.449. The molecular formula is C22H26BrN3O5S. The molecular weight excluding hydrogens is 498 g/mol. The van der Waals surface area contributed by atoms with E-state index in [9.17, 15) is 9.59 Å². The van der Waals surface area contributed by atoms with Crippen molar-refractivity contribution >= 4 is 45.1 Å². The van der Waals surface area contributed by atoms with Gasteiger partial charge in [0.05, 0.1) is 11.1 Å². The molecule has 0 saturated carbocycles. The number of thiocarbonyl (C=S) groups is 1. The lowest BCUT2D eigenvalue weighted by molar-refractivity contribution is -0.123. The highest BCUT2D eigenvalue weighted by atomic mass is 79.9. The summed E-state index contributed by atoms with van der Waals surface area (Å²) in [5, 5.41) is 2.43. The molecule has 0 heterocycles. The van der Waals surface area contributed by atoms with Gasteiger partial charge in [0, 0.05) is 12.7 Å². The van der Waals surface area contributed by atoms with Gasteiger partial charge in [-0.25, -0.2) is 0 Å². The summed E-state index contributed by atoms with van der Waals surface area (Å²) in [5.41, 5.74) is 6.40. The molecule has 172 valence electrons. The summed E-state index contributed by atoms with van der Waals surface area (Å²) < 4.78 is 16.5. The van der Waals surface area contributed by atoms with Crippen molar-refractivity contribution < 1.29 is 23.8 Å². The third-order valence-electron chi connectivity index (χ3n) is 4.20. The van der Waals surface area contributed by atoms with E-state index in [2.05, 4.69) is 45.9 Å². The Bertz CT molecular complexity index is 938. The van der Waals surface area contributed by atoms with Crippen molar-refractivity contribution in [3.8, 4) is 11.5 Å². The first kappa shape index (κ1) is 25.6. The predicted octanol–water partition coefficient (Wildman–Crippen LogP) is 3.31. The van der Waals surface area contributed by atoms with Gasteiger partial charge in [-0.15, -0.1) is 0 Å². The van der Waals surface area contributed by atoms with Gasteiger partial charge < -0.3 is 14.2 Å². The standard InChI is InChI=1S/C22H26BrN3O5S/c1-14(2)15-4-7-17(8-5-15)31-13-20(27)25-26-22(32)24-21(28)16-6-9-19(18(23)12-16)30-11-10-29-3/h4-9,12,14H,10-11,13H2,1-3H3,(H,25,27)(H2,24,26,28,32). The molecule has 0 atom stereocenters. The Hall–Kier alpha value is -2.69. The van der Waals surface area contributed by atoms with Crippen LogP contribution in [0.5, 0.6) is 11.5 Å². The summed E-state index contributed by atoms with van der Waals surface area (Å²) in [6.07, 6.45) is 0. The Morgan fingerprint density at radius 1 is 1.03 bits per heavy atom. The maximum Gasteiger partial charge on any atom is 0.276 e. The minimum absolute atomic E-state index is 0.0545. The molecule has 8 nitrogen and oxygen atoms in total. The number of rotatable bonds is 9. The van der Waals surface area contributed by atoms with Gasteiger partial charge >= 0.3 is 0 Å². The Balaban J connectivity index is 1.75. The van der Waals surface area contributed by atoms with E-state index in [1.54, 1.807) is 25.3 Å². The largest absolute Gasteiger partial charge is 0.490 e. The molecule has 32 heavy (non-hydrogen) atoms. The van der Waals surface area contributed by atoms with Crippen LogP contribution in [0, 0.1) is 0 Å². The second-order valence-electron chi connectivity index (χ2n) is 6.96. The van der Waals surface area contributed by atoms with Gasteiger partial charge in [0.15, 0.2) is 11.7 Å². The fraction of sp³-hybridized carbons (Fsp3) is 0.318. The molecule has 0 fully saturated rings. The van der Waals surface area contributed by atoms with Gasteiger partial charge in [-0.1, -0.05) is 26.0 Å². The van der Waals surface area contributed by atoms with Crippen molar-refractivity contribution in [1.29, 1.82) is 0 Å². The van der Waals surface area contributed by atoms with E-state index < -0.39 is 11.8 Å². The van der Waals surface area contributed by atoms with E-state index in [1.165, 1.54) is 5.56 Å². The van der Waals surface area contributed by atoms with Crippen LogP contribution in [-0.4, -0.2) is 43.9 Å². The molecule has 0 aromatic heterocycles. The SMILES string of the molecule is COCCOc1ccc(C(=O)NC(=S)NNC(=O)COc2ccc(C(C)C)cc2)cc1Br. The zero-order valence-corrected chi connectivity index (χ0v) is 20.5. The number of ether oxygens (including phenoxy) is 3. The summed E-state index contributed by atoms with van der Waals surface area (Å²) in [5.74, 6) is 0.698. The van der Waals surface area contributed by atoms with Crippen molar-refractivity contribution in [2.24, 2.45) is 0 Å². The van der Waals surface area contributed by atoms with E-state index in [0.717, 1.165) is 0 Å². The summed E-state index contributed by atoms with van der Waals surface area (Å²) in [4.78, 5) is 24.3. The molecule has 2 amide bonds. The third kappa shape index (κ3) is 8.45. The number of hydrazine groups is 1. The van der Waals surface area contributed by atoms with Gasteiger partial charge in [0.2, 0.25) is 0 Å². The van der Waals surface area contributed by atoms with Crippen molar-refractivity contribution in [3.05, 3.63) is 58.1 Å². The first-order valence-corrected chi connectivity index (χ1v) is 11.0. The topological polar surface area (TPSA) is 97.9 Å². The van der Waals surface area contributed by atoms with Crippen LogP contribution in [-0.2, 0) is 9.53 Å². The summed E-state index contributed by atoms with van der Waals surface area (Å²) in [6.45, 7) is 4.84. The number of carbonyl (C=O) groups is 2.